The van der Waals surface area contributed by atoms with E-state index in [4.69, 9.17) is 11.6 Å². The second kappa shape index (κ2) is 8.19. The van der Waals surface area contributed by atoms with Crippen LogP contribution < -0.4 is 5.32 Å². The minimum Gasteiger partial charge on any atom is -0.311 e. The fourth-order valence-corrected chi connectivity index (χ4v) is 2.82. The highest BCUT2D eigenvalue weighted by Gasteiger charge is 2.31. The van der Waals surface area contributed by atoms with Crippen molar-refractivity contribution in [2.75, 3.05) is 19.6 Å². The molecular formula is C15H29ClN2. The van der Waals surface area contributed by atoms with Gasteiger partial charge in [-0.05, 0) is 11.8 Å². The molecule has 0 aromatic heterocycles. The van der Waals surface area contributed by atoms with Crippen LogP contribution in [0.1, 0.15) is 40.5 Å². The van der Waals surface area contributed by atoms with Crippen molar-refractivity contribution in [3.8, 4) is 0 Å². The van der Waals surface area contributed by atoms with Gasteiger partial charge in [-0.3, -0.25) is 4.90 Å². The molecule has 1 heterocycles. The normalized spacial score (nSPS) is 29.6. The van der Waals surface area contributed by atoms with Crippen molar-refractivity contribution in [2.45, 2.75) is 52.6 Å². The summed E-state index contributed by atoms with van der Waals surface area (Å²) in [5, 5.41) is 3.74. The molecule has 1 saturated heterocycles. The maximum Gasteiger partial charge on any atom is 0.0250 e. The van der Waals surface area contributed by atoms with Gasteiger partial charge in [0, 0.05) is 37.3 Å². The van der Waals surface area contributed by atoms with Crippen LogP contribution in [-0.2, 0) is 0 Å². The molecule has 4 unspecified atom stereocenters. The Morgan fingerprint density at radius 3 is 2.50 bits per heavy atom. The lowest BCUT2D eigenvalue weighted by molar-refractivity contribution is 0.0870. The minimum atomic E-state index is 0.624. The summed E-state index contributed by atoms with van der Waals surface area (Å²) in [4.78, 5) is 2.60. The van der Waals surface area contributed by atoms with Crippen LogP contribution in [-0.4, -0.2) is 36.6 Å². The van der Waals surface area contributed by atoms with E-state index in [1.807, 2.05) is 0 Å². The van der Waals surface area contributed by atoms with E-state index in [2.05, 4.69) is 44.0 Å². The number of nitrogens with zero attached hydrogens (tertiary/aromatic N) is 1. The molecule has 0 aliphatic carbocycles. The molecule has 0 radical (unpaired) electrons. The zero-order valence-electron chi connectivity index (χ0n) is 12.3. The minimum absolute atomic E-state index is 0.624. The molecule has 0 spiro atoms. The Bertz CT molecular complexity index is 255. The quantitative estimate of drug-likeness (QED) is 0.797. The third kappa shape index (κ3) is 4.25. The van der Waals surface area contributed by atoms with E-state index >= 15 is 0 Å². The topological polar surface area (TPSA) is 15.3 Å². The monoisotopic (exact) mass is 272 g/mol. The highest BCUT2D eigenvalue weighted by Crippen LogP contribution is 2.21. The van der Waals surface area contributed by atoms with Gasteiger partial charge in [-0.25, -0.2) is 0 Å². The van der Waals surface area contributed by atoms with E-state index in [-0.39, 0.29) is 0 Å². The lowest BCUT2D eigenvalue weighted by atomic mass is 9.90. The lowest BCUT2D eigenvalue weighted by Gasteiger charge is -2.44. The van der Waals surface area contributed by atoms with Crippen molar-refractivity contribution in [3.63, 3.8) is 0 Å². The Labute approximate surface area is 118 Å². The molecule has 1 fully saturated rings. The third-order valence-corrected chi connectivity index (χ3v) is 4.73. The fourth-order valence-electron chi connectivity index (χ4n) is 2.74. The van der Waals surface area contributed by atoms with Crippen LogP contribution in [0.25, 0.3) is 0 Å². The van der Waals surface area contributed by atoms with Gasteiger partial charge in [-0.15, -0.1) is 0 Å². The molecule has 106 valence electrons. The highest BCUT2D eigenvalue weighted by molar-refractivity contribution is 6.25. The van der Waals surface area contributed by atoms with Crippen molar-refractivity contribution in [1.29, 1.82) is 0 Å². The van der Waals surface area contributed by atoms with Gasteiger partial charge < -0.3 is 5.32 Å². The van der Waals surface area contributed by atoms with Gasteiger partial charge in [0.05, 0.1) is 0 Å². The van der Waals surface area contributed by atoms with Crippen LogP contribution in [0, 0.1) is 11.8 Å². The molecule has 18 heavy (non-hydrogen) atoms. The fraction of sp³-hybridized carbons (Fsp3) is 0.867. The molecule has 1 rings (SSSR count). The predicted molar refractivity (Wildman–Crippen MR) is 81.1 cm³/mol. The molecule has 3 heteroatoms. The number of piperazine rings is 1. The van der Waals surface area contributed by atoms with Gasteiger partial charge >= 0.3 is 0 Å². The van der Waals surface area contributed by atoms with Gasteiger partial charge in [0.15, 0.2) is 0 Å². The maximum absolute atomic E-state index is 5.69. The number of halogens is 1. The first-order chi connectivity index (χ1) is 8.63. The number of hydrogen-bond acceptors (Lipinski definition) is 2. The Balaban J connectivity index is 2.66. The summed E-state index contributed by atoms with van der Waals surface area (Å²) in [6, 6.07) is 1.27. The molecule has 1 aliphatic heterocycles. The molecule has 2 nitrogen and oxygen atoms in total. The van der Waals surface area contributed by atoms with Crippen LogP contribution >= 0.6 is 11.6 Å². The Kier molecular flexibility index (Phi) is 7.28. The summed E-state index contributed by atoms with van der Waals surface area (Å²) < 4.78 is 0. The van der Waals surface area contributed by atoms with Crippen LogP contribution in [0.2, 0.25) is 0 Å². The van der Waals surface area contributed by atoms with E-state index in [1.54, 1.807) is 5.54 Å². The first kappa shape index (κ1) is 16.0. The van der Waals surface area contributed by atoms with Crippen LogP contribution in [0.3, 0.4) is 0 Å². The first-order valence-corrected chi connectivity index (χ1v) is 7.80. The van der Waals surface area contributed by atoms with Crippen LogP contribution in [0.15, 0.2) is 11.6 Å². The largest absolute Gasteiger partial charge is 0.311 e. The van der Waals surface area contributed by atoms with E-state index in [1.165, 1.54) is 12.8 Å². The summed E-state index contributed by atoms with van der Waals surface area (Å²) in [5.41, 5.74) is 1.65. The van der Waals surface area contributed by atoms with E-state index in [0.29, 0.717) is 12.1 Å². The zero-order chi connectivity index (χ0) is 13.5. The molecular weight excluding hydrogens is 244 g/mol. The smallest absolute Gasteiger partial charge is 0.0250 e. The Morgan fingerprint density at radius 2 is 1.94 bits per heavy atom. The molecule has 1 N–H and O–H groups in total. The van der Waals surface area contributed by atoms with Gasteiger partial charge in [-0.1, -0.05) is 58.2 Å². The lowest BCUT2D eigenvalue weighted by Crippen LogP contribution is -2.60. The van der Waals surface area contributed by atoms with Gasteiger partial charge in [0.2, 0.25) is 0 Å². The van der Waals surface area contributed by atoms with Crippen molar-refractivity contribution < 1.29 is 0 Å². The van der Waals surface area contributed by atoms with E-state index in [0.717, 1.165) is 31.5 Å². The maximum atomic E-state index is 5.69. The molecule has 0 aromatic rings. The van der Waals surface area contributed by atoms with Crippen molar-refractivity contribution in [1.82, 2.24) is 10.2 Å². The van der Waals surface area contributed by atoms with E-state index in [9.17, 15) is 0 Å². The first-order valence-electron chi connectivity index (χ1n) is 7.36. The standard InChI is InChI=1S/C15H29ClN2/c1-5-12(3)14-11-18(9-7-8-16)15(10-17-14)13(4)6-2/h7-8,12-15,17H,5-6,9-11H2,1-4H3/b8-7+. The number of rotatable bonds is 6. The van der Waals surface area contributed by atoms with Crippen LogP contribution in [0.5, 0.6) is 0 Å². The molecule has 0 amide bonds. The molecule has 0 bridgehead atoms. The van der Waals surface area contributed by atoms with E-state index < -0.39 is 0 Å². The summed E-state index contributed by atoms with van der Waals surface area (Å²) in [5.74, 6) is 1.48. The summed E-state index contributed by atoms with van der Waals surface area (Å²) in [6.07, 6.45) is 4.54. The van der Waals surface area contributed by atoms with Gasteiger partial charge in [0.1, 0.15) is 0 Å². The van der Waals surface area contributed by atoms with Crippen molar-refractivity contribution in [3.05, 3.63) is 11.6 Å². The average Bonchev–Trinajstić information content (AvgIpc) is 2.42. The van der Waals surface area contributed by atoms with Gasteiger partial charge in [0.25, 0.3) is 0 Å². The number of nitrogens with one attached hydrogen (secondary N) is 1. The number of hydrogen-bond donors (Lipinski definition) is 1. The molecule has 1 aliphatic rings. The summed E-state index contributed by atoms with van der Waals surface area (Å²) >= 11 is 5.69. The average molecular weight is 273 g/mol. The SMILES string of the molecule is CCC(C)C1CN(C/C=C/Cl)C(C(C)CC)CN1. The second-order valence-corrected chi connectivity index (χ2v) is 5.92. The zero-order valence-corrected chi connectivity index (χ0v) is 13.1. The molecule has 4 atom stereocenters. The second-order valence-electron chi connectivity index (χ2n) is 5.67. The summed E-state index contributed by atoms with van der Waals surface area (Å²) in [7, 11) is 0. The molecule has 0 aromatic carbocycles. The summed E-state index contributed by atoms with van der Waals surface area (Å²) in [6.45, 7) is 12.5. The van der Waals surface area contributed by atoms with Crippen molar-refractivity contribution in [2.24, 2.45) is 11.8 Å². The predicted octanol–water partition coefficient (Wildman–Crippen LogP) is 3.47. The Morgan fingerprint density at radius 1 is 1.28 bits per heavy atom. The van der Waals surface area contributed by atoms with Crippen LogP contribution in [0.4, 0.5) is 0 Å². The van der Waals surface area contributed by atoms with Gasteiger partial charge in [-0.2, -0.15) is 0 Å². The third-order valence-electron chi connectivity index (χ3n) is 4.55. The highest BCUT2D eigenvalue weighted by atomic mass is 35.5. The molecule has 0 saturated carbocycles. The Hall–Kier alpha value is -0.0500. The van der Waals surface area contributed by atoms with Crippen molar-refractivity contribution >= 4 is 11.6 Å².